The van der Waals surface area contributed by atoms with Gasteiger partial charge < -0.3 is 5.11 Å². The molecule has 1 aromatic rings. The molecule has 0 spiro atoms. The summed E-state index contributed by atoms with van der Waals surface area (Å²) in [5.41, 5.74) is 0.732. The Kier molecular flexibility index (Phi) is 6.61. The molecule has 0 saturated carbocycles. The van der Waals surface area contributed by atoms with Crippen molar-refractivity contribution >= 4 is 16.2 Å². The van der Waals surface area contributed by atoms with Gasteiger partial charge in [-0.3, -0.25) is 4.55 Å². The van der Waals surface area contributed by atoms with Gasteiger partial charge in [0.15, 0.2) is 0 Å². The van der Waals surface area contributed by atoms with Gasteiger partial charge in [-0.25, -0.2) is 0 Å². The Morgan fingerprint density at radius 3 is 2.13 bits per heavy atom. The van der Waals surface area contributed by atoms with Crippen LogP contribution in [-0.4, -0.2) is 24.7 Å². The predicted octanol–water partition coefficient (Wildman–Crippen LogP) is 1.54. The van der Waals surface area contributed by atoms with E-state index in [-0.39, 0.29) is 6.61 Å². The van der Waals surface area contributed by atoms with E-state index in [0.29, 0.717) is 0 Å². The topological polar surface area (TPSA) is 74.6 Å². The van der Waals surface area contributed by atoms with Crippen LogP contribution in [0.2, 0.25) is 0 Å². The Hall–Kier alpha value is -1.17. The Bertz CT molecular complexity index is 381. The summed E-state index contributed by atoms with van der Waals surface area (Å²) in [6, 6.07) is 8.86. The molecule has 0 heterocycles. The second-order valence-electron chi connectivity index (χ2n) is 2.54. The lowest BCUT2D eigenvalue weighted by atomic mass is 10.2. The minimum Gasteiger partial charge on any atom is -0.397 e. The van der Waals surface area contributed by atoms with Crippen LogP contribution in [0, 0.1) is 0 Å². The molecule has 15 heavy (non-hydrogen) atoms. The standard InChI is InChI=1S/C8H8O3S.C2H6O/c9-12(10,11)7-6-8-4-2-1-3-5-8;1-2-3/h1-7H,(H,9,10,11);3H,2H2,1H3. The summed E-state index contributed by atoms with van der Waals surface area (Å²) < 4.78 is 28.9. The quantitative estimate of drug-likeness (QED) is 0.756. The molecule has 1 rings (SSSR count). The summed E-state index contributed by atoms with van der Waals surface area (Å²) >= 11 is 0. The second kappa shape index (κ2) is 7.17. The van der Waals surface area contributed by atoms with E-state index < -0.39 is 10.1 Å². The van der Waals surface area contributed by atoms with E-state index >= 15 is 0 Å². The molecule has 0 bridgehead atoms. The maximum absolute atomic E-state index is 10.3. The largest absolute Gasteiger partial charge is 0.397 e. The fraction of sp³-hybridized carbons (Fsp3) is 0.200. The SMILES string of the molecule is CCO.O=S(=O)(O)C=Cc1ccccc1. The van der Waals surface area contributed by atoms with Gasteiger partial charge in [0.05, 0.1) is 5.41 Å². The van der Waals surface area contributed by atoms with Gasteiger partial charge in [-0.2, -0.15) is 8.42 Å². The zero-order valence-corrected chi connectivity index (χ0v) is 9.18. The third kappa shape index (κ3) is 9.14. The predicted molar refractivity (Wildman–Crippen MR) is 59.8 cm³/mol. The smallest absolute Gasteiger partial charge is 0.287 e. The van der Waals surface area contributed by atoms with Gasteiger partial charge in [0, 0.05) is 6.61 Å². The highest BCUT2D eigenvalue weighted by Crippen LogP contribution is 2.01. The first-order chi connectivity index (χ1) is 6.99. The van der Waals surface area contributed by atoms with Crippen molar-refractivity contribution in [1.29, 1.82) is 0 Å². The van der Waals surface area contributed by atoms with Crippen LogP contribution < -0.4 is 0 Å². The molecule has 0 radical (unpaired) electrons. The van der Waals surface area contributed by atoms with E-state index in [4.69, 9.17) is 9.66 Å². The molecule has 0 aliphatic heterocycles. The highest BCUT2D eigenvalue weighted by atomic mass is 32.2. The summed E-state index contributed by atoms with van der Waals surface area (Å²) in [6.45, 7) is 1.93. The fourth-order valence-corrected chi connectivity index (χ4v) is 1.06. The van der Waals surface area contributed by atoms with E-state index in [9.17, 15) is 8.42 Å². The minimum atomic E-state index is -4.00. The summed E-state index contributed by atoms with van der Waals surface area (Å²) in [6.07, 6.45) is 1.33. The first-order valence-electron chi connectivity index (χ1n) is 4.31. The Morgan fingerprint density at radius 1 is 1.27 bits per heavy atom. The zero-order chi connectivity index (χ0) is 11.7. The maximum Gasteiger partial charge on any atom is 0.287 e. The van der Waals surface area contributed by atoms with Crippen LogP contribution in [0.3, 0.4) is 0 Å². The number of aliphatic hydroxyl groups excluding tert-OH is 1. The third-order valence-electron chi connectivity index (χ3n) is 1.23. The molecule has 0 atom stereocenters. The molecule has 5 heteroatoms. The van der Waals surface area contributed by atoms with Crippen LogP contribution in [0.25, 0.3) is 6.08 Å². The maximum atomic E-state index is 10.3. The molecule has 0 aromatic heterocycles. The van der Waals surface area contributed by atoms with Crippen molar-refractivity contribution in [3.8, 4) is 0 Å². The lowest BCUT2D eigenvalue weighted by Gasteiger charge is -1.89. The lowest BCUT2D eigenvalue weighted by Crippen LogP contribution is -1.88. The molecule has 84 valence electrons. The number of benzene rings is 1. The van der Waals surface area contributed by atoms with Gasteiger partial charge in [0.25, 0.3) is 10.1 Å². The molecule has 0 fully saturated rings. The third-order valence-corrected chi connectivity index (χ3v) is 1.71. The molecule has 4 nitrogen and oxygen atoms in total. The molecule has 0 aliphatic rings. The Balaban J connectivity index is 0.000000583. The second-order valence-corrected chi connectivity index (χ2v) is 3.85. The first-order valence-corrected chi connectivity index (χ1v) is 5.81. The summed E-state index contributed by atoms with van der Waals surface area (Å²) in [7, 11) is -4.00. The molecule has 0 amide bonds. The van der Waals surface area contributed by atoms with Crippen molar-refractivity contribution in [3.63, 3.8) is 0 Å². The van der Waals surface area contributed by atoms with Crippen molar-refractivity contribution in [2.45, 2.75) is 6.92 Å². The van der Waals surface area contributed by atoms with Crippen LogP contribution in [0.15, 0.2) is 35.7 Å². The highest BCUT2D eigenvalue weighted by Gasteiger charge is 1.94. The molecular formula is C10H14O4S. The number of aliphatic hydroxyl groups is 1. The van der Waals surface area contributed by atoms with Crippen molar-refractivity contribution in [2.75, 3.05) is 6.61 Å². The van der Waals surface area contributed by atoms with E-state index in [1.54, 1.807) is 31.2 Å². The molecule has 2 N–H and O–H groups in total. The van der Waals surface area contributed by atoms with Crippen molar-refractivity contribution in [2.24, 2.45) is 0 Å². The molecular weight excluding hydrogens is 216 g/mol. The van der Waals surface area contributed by atoms with E-state index in [1.807, 2.05) is 6.07 Å². The van der Waals surface area contributed by atoms with Gasteiger partial charge in [0.2, 0.25) is 0 Å². The average molecular weight is 230 g/mol. The van der Waals surface area contributed by atoms with Crippen LogP contribution in [-0.2, 0) is 10.1 Å². The normalized spacial score (nSPS) is 10.9. The number of rotatable bonds is 2. The Morgan fingerprint density at radius 2 is 1.73 bits per heavy atom. The number of hydrogen-bond donors (Lipinski definition) is 2. The van der Waals surface area contributed by atoms with Gasteiger partial charge >= 0.3 is 0 Å². The molecule has 0 unspecified atom stereocenters. The summed E-state index contributed by atoms with van der Waals surface area (Å²) in [4.78, 5) is 0. The minimum absolute atomic E-state index is 0.250. The van der Waals surface area contributed by atoms with Crippen LogP contribution in [0.4, 0.5) is 0 Å². The van der Waals surface area contributed by atoms with Crippen molar-refractivity contribution in [1.82, 2.24) is 0 Å². The van der Waals surface area contributed by atoms with E-state index in [1.165, 1.54) is 6.08 Å². The Labute approximate surface area is 89.6 Å². The molecule has 1 aromatic carbocycles. The van der Waals surface area contributed by atoms with Gasteiger partial charge in [-0.05, 0) is 18.6 Å². The van der Waals surface area contributed by atoms with Gasteiger partial charge in [0.1, 0.15) is 0 Å². The van der Waals surface area contributed by atoms with Crippen LogP contribution in [0.5, 0.6) is 0 Å². The average Bonchev–Trinajstić information content (AvgIpc) is 2.17. The lowest BCUT2D eigenvalue weighted by molar-refractivity contribution is 0.318. The van der Waals surface area contributed by atoms with Crippen LogP contribution in [0.1, 0.15) is 12.5 Å². The van der Waals surface area contributed by atoms with E-state index in [2.05, 4.69) is 0 Å². The molecule has 0 aliphatic carbocycles. The highest BCUT2D eigenvalue weighted by molar-refractivity contribution is 7.88. The van der Waals surface area contributed by atoms with Gasteiger partial charge in [-0.1, -0.05) is 30.3 Å². The van der Waals surface area contributed by atoms with Crippen molar-refractivity contribution in [3.05, 3.63) is 41.3 Å². The first kappa shape index (κ1) is 13.8. The van der Waals surface area contributed by atoms with Crippen LogP contribution >= 0.6 is 0 Å². The number of hydrogen-bond acceptors (Lipinski definition) is 3. The zero-order valence-electron chi connectivity index (χ0n) is 8.37. The molecule has 0 saturated heterocycles. The summed E-state index contributed by atoms with van der Waals surface area (Å²) in [5.74, 6) is 0. The monoisotopic (exact) mass is 230 g/mol. The van der Waals surface area contributed by atoms with Crippen molar-refractivity contribution < 1.29 is 18.1 Å². The summed E-state index contributed by atoms with van der Waals surface area (Å²) in [5, 5.41) is 8.32. The fourth-order valence-electron chi connectivity index (χ4n) is 0.729. The van der Waals surface area contributed by atoms with E-state index in [0.717, 1.165) is 11.0 Å². The van der Waals surface area contributed by atoms with Gasteiger partial charge in [-0.15, -0.1) is 0 Å².